The molecule has 0 bridgehead atoms. The number of nitrogens with one attached hydrogen (secondary N) is 2. The first-order valence-corrected chi connectivity index (χ1v) is 12.4. The number of carbonyl (C=O) groups is 2. The molecule has 0 heterocycles. The molecule has 0 aromatic heterocycles. The van der Waals surface area contributed by atoms with E-state index in [1.54, 1.807) is 19.9 Å². The molecular formula is C20H25N3O7S2. The van der Waals surface area contributed by atoms with Crippen LogP contribution in [0.3, 0.4) is 0 Å². The Balaban J connectivity index is 2.02. The summed E-state index contributed by atoms with van der Waals surface area (Å²) in [5, 5.41) is 2.48. The summed E-state index contributed by atoms with van der Waals surface area (Å²) < 4.78 is 57.0. The molecule has 0 aliphatic carbocycles. The molecule has 0 saturated heterocycles. The normalized spacial score (nSPS) is 11.9. The molecule has 174 valence electrons. The highest BCUT2D eigenvalue weighted by atomic mass is 32.2. The molecule has 1 amide bonds. The van der Waals surface area contributed by atoms with Crippen LogP contribution in [0.1, 0.15) is 22.8 Å². The number of hydrogen-bond acceptors (Lipinski definition) is 7. The van der Waals surface area contributed by atoms with Gasteiger partial charge in [0, 0.05) is 26.3 Å². The number of aryl methyl sites for hydroxylation is 1. The van der Waals surface area contributed by atoms with Gasteiger partial charge in [-0.15, -0.1) is 0 Å². The molecule has 2 aromatic rings. The molecule has 0 fully saturated rings. The van der Waals surface area contributed by atoms with Crippen molar-refractivity contribution < 1.29 is 31.2 Å². The summed E-state index contributed by atoms with van der Waals surface area (Å²) in [5.74, 6) is -1.48. The van der Waals surface area contributed by atoms with Gasteiger partial charge >= 0.3 is 5.97 Å². The Bertz CT molecular complexity index is 1210. The van der Waals surface area contributed by atoms with Crippen LogP contribution in [0.5, 0.6) is 0 Å². The Morgan fingerprint density at radius 1 is 1.00 bits per heavy atom. The summed E-state index contributed by atoms with van der Waals surface area (Å²) in [6, 6.07) is 9.50. The Morgan fingerprint density at radius 3 is 2.19 bits per heavy atom. The lowest BCUT2D eigenvalue weighted by Gasteiger charge is -2.15. The molecule has 32 heavy (non-hydrogen) atoms. The fraction of sp³-hybridized carbons (Fsp3) is 0.300. The third kappa shape index (κ3) is 6.13. The molecule has 12 heteroatoms. The van der Waals surface area contributed by atoms with Crippen LogP contribution < -0.4 is 10.0 Å². The van der Waals surface area contributed by atoms with Crippen molar-refractivity contribution in [2.24, 2.45) is 0 Å². The van der Waals surface area contributed by atoms with Crippen LogP contribution in [0.2, 0.25) is 0 Å². The van der Waals surface area contributed by atoms with Crippen molar-refractivity contribution in [3.05, 3.63) is 53.6 Å². The number of ether oxygens (including phenoxy) is 1. The number of sulfonamides is 2. The summed E-state index contributed by atoms with van der Waals surface area (Å²) in [6.07, 6.45) is 0. The Labute approximate surface area is 187 Å². The minimum Gasteiger partial charge on any atom is -0.452 e. The first-order chi connectivity index (χ1) is 14.9. The molecule has 0 saturated carbocycles. The second-order valence-corrected chi connectivity index (χ2v) is 10.8. The highest BCUT2D eigenvalue weighted by Gasteiger charge is 2.21. The molecule has 0 unspecified atom stereocenters. The topological polar surface area (TPSA) is 139 Å². The van der Waals surface area contributed by atoms with Gasteiger partial charge in [0.15, 0.2) is 6.61 Å². The average molecular weight is 484 g/mol. The lowest BCUT2D eigenvalue weighted by molar-refractivity contribution is -0.119. The van der Waals surface area contributed by atoms with Crippen LogP contribution in [0.15, 0.2) is 52.3 Å². The number of esters is 1. The minimum absolute atomic E-state index is 0.00325. The fourth-order valence-electron chi connectivity index (χ4n) is 2.61. The Morgan fingerprint density at radius 2 is 1.62 bits per heavy atom. The Kier molecular flexibility index (Phi) is 8.13. The van der Waals surface area contributed by atoms with E-state index in [0.717, 1.165) is 4.31 Å². The largest absolute Gasteiger partial charge is 0.452 e. The molecule has 0 radical (unpaired) electrons. The smallest absolute Gasteiger partial charge is 0.338 e. The van der Waals surface area contributed by atoms with E-state index in [2.05, 4.69) is 10.0 Å². The van der Waals surface area contributed by atoms with Gasteiger partial charge in [0.1, 0.15) is 0 Å². The minimum atomic E-state index is -3.70. The zero-order chi connectivity index (χ0) is 24.1. The van der Waals surface area contributed by atoms with Gasteiger partial charge in [0.05, 0.1) is 15.4 Å². The number of nitrogens with zero attached hydrogens (tertiary/aromatic N) is 1. The average Bonchev–Trinajstić information content (AvgIpc) is 2.73. The summed E-state index contributed by atoms with van der Waals surface area (Å²) in [7, 11) is -4.53. The van der Waals surface area contributed by atoms with E-state index in [0.29, 0.717) is 5.56 Å². The molecule has 0 atom stereocenters. The maximum atomic E-state index is 12.4. The van der Waals surface area contributed by atoms with Crippen molar-refractivity contribution in [2.75, 3.05) is 32.6 Å². The van der Waals surface area contributed by atoms with Crippen LogP contribution in [-0.4, -0.2) is 60.3 Å². The molecule has 2 rings (SSSR count). The van der Waals surface area contributed by atoms with Crippen LogP contribution in [0, 0.1) is 6.92 Å². The highest BCUT2D eigenvalue weighted by molar-refractivity contribution is 7.89. The number of anilines is 1. The van der Waals surface area contributed by atoms with Crippen molar-refractivity contribution in [1.82, 2.24) is 9.03 Å². The summed E-state index contributed by atoms with van der Waals surface area (Å²) in [4.78, 5) is 24.3. The first kappa shape index (κ1) is 25.5. The van der Waals surface area contributed by atoms with Crippen molar-refractivity contribution in [3.8, 4) is 0 Å². The monoisotopic (exact) mass is 483 g/mol. The van der Waals surface area contributed by atoms with Gasteiger partial charge in [0.2, 0.25) is 20.0 Å². The first-order valence-electron chi connectivity index (χ1n) is 9.48. The van der Waals surface area contributed by atoms with Crippen LogP contribution >= 0.6 is 0 Å². The molecule has 10 nitrogen and oxygen atoms in total. The van der Waals surface area contributed by atoms with E-state index in [-0.39, 0.29) is 27.6 Å². The SMILES string of the molecule is CCNS(=O)(=O)c1ccc(C(=O)OCC(=O)Nc2ccc(C)c(S(=O)(=O)N(C)C)c2)cc1. The zero-order valence-electron chi connectivity index (χ0n) is 18.1. The molecule has 2 N–H and O–H groups in total. The number of rotatable bonds is 9. The molecular weight excluding hydrogens is 458 g/mol. The summed E-state index contributed by atoms with van der Waals surface area (Å²) >= 11 is 0. The van der Waals surface area contributed by atoms with Crippen molar-refractivity contribution in [2.45, 2.75) is 23.6 Å². The van der Waals surface area contributed by atoms with Crippen molar-refractivity contribution in [3.63, 3.8) is 0 Å². The predicted molar refractivity (Wildman–Crippen MR) is 118 cm³/mol. The van der Waals surface area contributed by atoms with E-state index < -0.39 is 38.5 Å². The van der Waals surface area contributed by atoms with E-state index in [1.165, 1.54) is 50.5 Å². The quantitative estimate of drug-likeness (QED) is 0.513. The summed E-state index contributed by atoms with van der Waals surface area (Å²) in [6.45, 7) is 2.90. The van der Waals surface area contributed by atoms with Crippen LogP contribution in [0.4, 0.5) is 5.69 Å². The third-order valence-electron chi connectivity index (χ3n) is 4.30. The van der Waals surface area contributed by atoms with E-state index in [9.17, 15) is 26.4 Å². The second-order valence-electron chi connectivity index (χ2n) is 6.92. The lowest BCUT2D eigenvalue weighted by atomic mass is 10.2. The standard InChI is InChI=1S/C20H25N3O7S2/c1-5-21-31(26,27)17-10-7-15(8-11-17)20(25)30-13-19(24)22-16-9-6-14(2)18(12-16)32(28,29)23(3)4/h6-12,21H,5,13H2,1-4H3,(H,22,24). The predicted octanol–water partition coefficient (Wildman–Crippen LogP) is 1.34. The maximum absolute atomic E-state index is 12.4. The van der Waals surface area contributed by atoms with Gasteiger partial charge in [-0.2, -0.15) is 0 Å². The van der Waals surface area contributed by atoms with Crippen LogP contribution in [0.25, 0.3) is 0 Å². The van der Waals surface area contributed by atoms with E-state index in [1.807, 2.05) is 0 Å². The highest BCUT2D eigenvalue weighted by Crippen LogP contribution is 2.22. The molecule has 0 spiro atoms. The fourth-order valence-corrected chi connectivity index (χ4v) is 4.79. The zero-order valence-corrected chi connectivity index (χ0v) is 19.7. The Hall–Kier alpha value is -2.80. The van der Waals surface area contributed by atoms with Crippen molar-refractivity contribution in [1.29, 1.82) is 0 Å². The van der Waals surface area contributed by atoms with Gasteiger partial charge in [-0.3, -0.25) is 4.79 Å². The van der Waals surface area contributed by atoms with Crippen LogP contribution in [-0.2, 0) is 29.6 Å². The number of amides is 1. The van der Waals surface area contributed by atoms with Gasteiger partial charge in [0.25, 0.3) is 5.91 Å². The number of benzene rings is 2. The third-order valence-corrected chi connectivity index (χ3v) is 7.82. The van der Waals surface area contributed by atoms with Crippen molar-refractivity contribution >= 4 is 37.6 Å². The second kappa shape index (κ2) is 10.2. The van der Waals surface area contributed by atoms with Gasteiger partial charge in [-0.25, -0.2) is 30.7 Å². The summed E-state index contributed by atoms with van der Waals surface area (Å²) in [5.41, 5.74) is 0.820. The molecule has 0 aliphatic heterocycles. The van der Waals surface area contributed by atoms with Gasteiger partial charge < -0.3 is 10.1 Å². The van der Waals surface area contributed by atoms with Gasteiger partial charge in [-0.1, -0.05) is 13.0 Å². The number of carbonyl (C=O) groups excluding carboxylic acids is 2. The van der Waals surface area contributed by atoms with E-state index in [4.69, 9.17) is 4.74 Å². The number of hydrogen-bond donors (Lipinski definition) is 2. The maximum Gasteiger partial charge on any atom is 0.338 e. The lowest BCUT2D eigenvalue weighted by Crippen LogP contribution is -2.24. The molecule has 2 aromatic carbocycles. The van der Waals surface area contributed by atoms with E-state index >= 15 is 0 Å². The van der Waals surface area contributed by atoms with Gasteiger partial charge in [-0.05, 0) is 48.9 Å². The molecule has 0 aliphatic rings.